The molecule has 19 heavy (non-hydrogen) atoms. The second-order valence-corrected chi connectivity index (χ2v) is 4.51. The molecule has 3 nitrogen and oxygen atoms in total. The average molecular weight is 298 g/mol. The molecule has 0 aliphatic carbocycles. The van der Waals surface area contributed by atoms with E-state index in [-0.39, 0.29) is 13.2 Å². The van der Waals surface area contributed by atoms with Crippen LogP contribution in [0.5, 0.6) is 5.75 Å². The second kappa shape index (κ2) is 6.98. The molecule has 0 bridgehead atoms. The van der Waals surface area contributed by atoms with E-state index in [0.29, 0.717) is 10.8 Å². The van der Waals surface area contributed by atoms with Gasteiger partial charge >= 0.3 is 6.18 Å². The van der Waals surface area contributed by atoms with Crippen LogP contribution in [-0.4, -0.2) is 49.0 Å². The van der Waals surface area contributed by atoms with E-state index in [1.54, 1.807) is 24.3 Å². The minimum atomic E-state index is -4.60. The first kappa shape index (κ1) is 16.1. The Morgan fingerprint density at radius 1 is 1.37 bits per heavy atom. The zero-order valence-corrected chi connectivity index (χ0v) is 11.1. The Bertz CT molecular complexity index is 401. The first-order valence-electron chi connectivity index (χ1n) is 5.61. The second-order valence-electron chi connectivity index (χ2n) is 4.10. The van der Waals surface area contributed by atoms with Crippen molar-refractivity contribution in [3.05, 3.63) is 29.3 Å². The number of aliphatic hydroxyl groups excluding tert-OH is 1. The summed E-state index contributed by atoms with van der Waals surface area (Å²) < 4.78 is 41.7. The van der Waals surface area contributed by atoms with Crippen LogP contribution in [0.4, 0.5) is 13.2 Å². The maximum Gasteiger partial charge on any atom is 0.415 e. The predicted octanol–water partition coefficient (Wildman–Crippen LogP) is 2.57. The summed E-state index contributed by atoms with van der Waals surface area (Å²) in [5.74, 6) is 0.480. The molecule has 1 N–H and O–H groups in total. The van der Waals surface area contributed by atoms with E-state index in [9.17, 15) is 13.2 Å². The number of halogens is 4. The van der Waals surface area contributed by atoms with Crippen molar-refractivity contribution in [3.8, 4) is 5.75 Å². The van der Waals surface area contributed by atoms with Gasteiger partial charge in [-0.25, -0.2) is 0 Å². The minimum absolute atomic E-state index is 0.185. The van der Waals surface area contributed by atoms with Gasteiger partial charge in [-0.3, -0.25) is 0 Å². The van der Waals surface area contributed by atoms with E-state index < -0.39 is 18.8 Å². The van der Waals surface area contributed by atoms with Gasteiger partial charge in [0.25, 0.3) is 0 Å². The molecule has 1 aromatic carbocycles. The molecule has 0 aliphatic rings. The first-order valence-corrected chi connectivity index (χ1v) is 5.99. The molecule has 0 saturated carbocycles. The molecule has 0 heterocycles. The summed E-state index contributed by atoms with van der Waals surface area (Å²) in [6.45, 7) is -0.0570. The Morgan fingerprint density at radius 2 is 2.00 bits per heavy atom. The number of alkyl halides is 3. The van der Waals surface area contributed by atoms with Crippen LogP contribution in [0.2, 0.25) is 5.02 Å². The van der Waals surface area contributed by atoms with Crippen molar-refractivity contribution >= 4 is 11.6 Å². The van der Waals surface area contributed by atoms with Crippen molar-refractivity contribution < 1.29 is 23.0 Å². The van der Waals surface area contributed by atoms with Gasteiger partial charge in [0.05, 0.1) is 5.02 Å². The first-order chi connectivity index (χ1) is 8.80. The molecular formula is C12H15ClF3NO2. The lowest BCUT2D eigenvalue weighted by Crippen LogP contribution is -2.40. The number of hydrogen-bond donors (Lipinski definition) is 1. The third-order valence-corrected chi connectivity index (χ3v) is 2.74. The molecule has 1 rings (SSSR count). The minimum Gasteiger partial charge on any atom is -0.491 e. The van der Waals surface area contributed by atoms with Gasteiger partial charge in [-0.05, 0) is 19.2 Å². The smallest absolute Gasteiger partial charge is 0.415 e. The maximum atomic E-state index is 12.1. The lowest BCUT2D eigenvalue weighted by molar-refractivity contribution is -0.207. The highest BCUT2D eigenvalue weighted by Gasteiger charge is 2.38. The van der Waals surface area contributed by atoms with Crippen LogP contribution in [0.15, 0.2) is 24.3 Å². The molecule has 0 aliphatic heterocycles. The van der Waals surface area contributed by atoms with Crippen LogP contribution in [0, 0.1) is 0 Å². The highest BCUT2D eigenvalue weighted by atomic mass is 35.5. The van der Waals surface area contributed by atoms with E-state index in [1.165, 1.54) is 11.9 Å². The van der Waals surface area contributed by atoms with Crippen LogP contribution in [0.3, 0.4) is 0 Å². The number of nitrogens with zero attached hydrogens (tertiary/aromatic N) is 1. The van der Waals surface area contributed by atoms with Crippen LogP contribution in [0.1, 0.15) is 0 Å². The van der Waals surface area contributed by atoms with Gasteiger partial charge in [0, 0.05) is 13.1 Å². The van der Waals surface area contributed by atoms with Crippen molar-refractivity contribution in [3.63, 3.8) is 0 Å². The number of likely N-dealkylation sites (N-methyl/N-ethyl adjacent to an activating group) is 1. The highest BCUT2D eigenvalue weighted by molar-refractivity contribution is 6.32. The van der Waals surface area contributed by atoms with Crippen LogP contribution >= 0.6 is 11.6 Å². The highest BCUT2D eigenvalue weighted by Crippen LogP contribution is 2.23. The zero-order valence-electron chi connectivity index (χ0n) is 10.3. The summed E-state index contributed by atoms with van der Waals surface area (Å²) in [6.07, 6.45) is -6.95. The number of ether oxygens (including phenoxy) is 1. The molecule has 1 atom stereocenters. The van der Waals surface area contributed by atoms with Gasteiger partial charge in [-0.1, -0.05) is 23.7 Å². The molecular weight excluding hydrogens is 283 g/mol. The zero-order chi connectivity index (χ0) is 14.5. The van der Waals surface area contributed by atoms with Gasteiger partial charge in [0.2, 0.25) is 0 Å². The Morgan fingerprint density at radius 3 is 2.58 bits per heavy atom. The average Bonchev–Trinajstić information content (AvgIpc) is 2.30. The normalized spacial score (nSPS) is 13.6. The van der Waals surface area contributed by atoms with E-state index in [4.69, 9.17) is 21.4 Å². The molecule has 0 aromatic heterocycles. The summed E-state index contributed by atoms with van der Waals surface area (Å²) in [7, 11) is 1.48. The standard InChI is InChI=1S/C12H15ClF3NO2/c1-17(8-11(18)12(14,15)16)6-7-19-10-5-3-2-4-9(10)13/h2-5,11,18H,6-8H2,1H3. The number of rotatable bonds is 6. The van der Waals surface area contributed by atoms with Gasteiger partial charge < -0.3 is 14.7 Å². The van der Waals surface area contributed by atoms with Crippen molar-refractivity contribution in [1.29, 1.82) is 0 Å². The van der Waals surface area contributed by atoms with Crippen LogP contribution in [0.25, 0.3) is 0 Å². The Labute approximate surface area is 114 Å². The topological polar surface area (TPSA) is 32.7 Å². The predicted molar refractivity (Wildman–Crippen MR) is 66.5 cm³/mol. The van der Waals surface area contributed by atoms with Gasteiger partial charge in [-0.15, -0.1) is 0 Å². The summed E-state index contributed by atoms with van der Waals surface area (Å²) in [5, 5.41) is 9.33. The fraction of sp³-hybridized carbons (Fsp3) is 0.500. The van der Waals surface area contributed by atoms with Gasteiger partial charge in [0.1, 0.15) is 12.4 Å². The molecule has 0 spiro atoms. The molecule has 108 valence electrons. The summed E-state index contributed by atoms with van der Waals surface area (Å²) in [5.41, 5.74) is 0. The molecule has 0 amide bonds. The van der Waals surface area contributed by atoms with Crippen molar-refractivity contribution in [2.45, 2.75) is 12.3 Å². The monoisotopic (exact) mass is 297 g/mol. The third-order valence-electron chi connectivity index (χ3n) is 2.43. The Kier molecular flexibility index (Phi) is 5.90. The SMILES string of the molecule is CN(CCOc1ccccc1Cl)CC(O)C(F)(F)F. The van der Waals surface area contributed by atoms with E-state index in [2.05, 4.69) is 0 Å². The Hall–Kier alpha value is -0.980. The van der Waals surface area contributed by atoms with Crippen LogP contribution < -0.4 is 4.74 Å². The third kappa shape index (κ3) is 5.67. The van der Waals surface area contributed by atoms with E-state index in [0.717, 1.165) is 0 Å². The summed E-state index contributed by atoms with van der Waals surface area (Å²) in [6, 6.07) is 6.83. The van der Waals surface area contributed by atoms with Crippen molar-refractivity contribution in [2.75, 3.05) is 26.7 Å². The molecule has 1 aromatic rings. The van der Waals surface area contributed by atoms with Gasteiger partial charge in [0.15, 0.2) is 6.10 Å². The number of hydrogen-bond acceptors (Lipinski definition) is 3. The Balaban J connectivity index is 2.32. The summed E-state index contributed by atoms with van der Waals surface area (Å²) >= 11 is 5.86. The molecule has 7 heteroatoms. The number of aliphatic hydroxyl groups is 1. The quantitative estimate of drug-likeness (QED) is 0.876. The van der Waals surface area contributed by atoms with Crippen LogP contribution in [-0.2, 0) is 0 Å². The summed E-state index contributed by atoms with van der Waals surface area (Å²) in [4.78, 5) is 1.34. The number of benzene rings is 1. The van der Waals surface area contributed by atoms with Gasteiger partial charge in [-0.2, -0.15) is 13.2 Å². The number of para-hydroxylation sites is 1. The molecule has 1 unspecified atom stereocenters. The molecule has 0 radical (unpaired) electrons. The lowest BCUT2D eigenvalue weighted by atomic mass is 10.3. The van der Waals surface area contributed by atoms with E-state index in [1.807, 2.05) is 0 Å². The lowest BCUT2D eigenvalue weighted by Gasteiger charge is -2.22. The molecule has 0 saturated heterocycles. The fourth-order valence-corrected chi connectivity index (χ4v) is 1.55. The van der Waals surface area contributed by atoms with Crippen molar-refractivity contribution in [2.24, 2.45) is 0 Å². The van der Waals surface area contributed by atoms with E-state index >= 15 is 0 Å². The maximum absolute atomic E-state index is 12.1. The fourth-order valence-electron chi connectivity index (χ4n) is 1.36. The largest absolute Gasteiger partial charge is 0.491 e. The van der Waals surface area contributed by atoms with Crippen molar-refractivity contribution in [1.82, 2.24) is 4.90 Å². The molecule has 0 fully saturated rings.